The molecule has 7 heteroatoms. The Balaban J connectivity index is 0.00000162. The number of imidazole rings is 1. The van der Waals surface area contributed by atoms with E-state index in [9.17, 15) is 13.0 Å². The van der Waals surface area contributed by atoms with Gasteiger partial charge in [-0.1, -0.05) is 13.3 Å². The van der Waals surface area contributed by atoms with Gasteiger partial charge in [-0.2, -0.15) is 0 Å². The van der Waals surface area contributed by atoms with E-state index in [0.29, 0.717) is 11.0 Å². The van der Waals surface area contributed by atoms with E-state index in [0.717, 1.165) is 25.1 Å². The molecule has 18 heavy (non-hydrogen) atoms. The fourth-order valence-electron chi connectivity index (χ4n) is 1.66. The molecule has 1 aromatic heterocycles. The molecule has 0 aliphatic carbocycles. The number of rotatable bonds is 4. The molecule has 5 nitrogen and oxygen atoms in total. The molecule has 0 atom stereocenters. The van der Waals surface area contributed by atoms with Crippen LogP contribution in [0.4, 0.5) is 0 Å². The predicted molar refractivity (Wildman–Crippen MR) is 62.7 cm³/mol. The normalized spacial score (nSPS) is 11.4. The zero-order valence-electron chi connectivity index (χ0n) is 10.4. The SMILES string of the molecule is CCCCc1nc2ccc(S(=O)(=O)[O-])cc2[nH]1.[K+]. The van der Waals surface area contributed by atoms with Gasteiger partial charge in [-0.05, 0) is 24.6 Å². The fraction of sp³-hybridized carbons (Fsp3) is 0.364. The zero-order valence-corrected chi connectivity index (χ0v) is 14.4. The molecular weight excluding hydrogens is 279 g/mol. The van der Waals surface area contributed by atoms with Crippen LogP contribution in [0.15, 0.2) is 23.1 Å². The van der Waals surface area contributed by atoms with E-state index >= 15 is 0 Å². The second-order valence-electron chi connectivity index (χ2n) is 3.92. The number of aryl methyl sites for hydroxylation is 1. The largest absolute Gasteiger partial charge is 1.00 e. The molecule has 0 spiro atoms. The number of hydrogen-bond acceptors (Lipinski definition) is 4. The fourth-order valence-corrected chi connectivity index (χ4v) is 2.16. The van der Waals surface area contributed by atoms with Crippen molar-refractivity contribution >= 4 is 21.2 Å². The Labute approximate surface area is 149 Å². The molecule has 1 heterocycles. The second-order valence-corrected chi connectivity index (χ2v) is 5.30. The quantitative estimate of drug-likeness (QED) is 0.567. The van der Waals surface area contributed by atoms with Gasteiger partial charge in [0.05, 0.1) is 15.9 Å². The number of unbranched alkanes of at least 4 members (excludes halogenated alkanes) is 1. The summed E-state index contributed by atoms with van der Waals surface area (Å²) in [6, 6.07) is 4.17. The molecule has 0 unspecified atom stereocenters. The molecule has 0 saturated heterocycles. The Bertz CT molecular complexity index is 637. The van der Waals surface area contributed by atoms with Gasteiger partial charge in [0, 0.05) is 6.42 Å². The minimum atomic E-state index is -4.40. The van der Waals surface area contributed by atoms with E-state index in [2.05, 4.69) is 16.9 Å². The van der Waals surface area contributed by atoms with Gasteiger partial charge < -0.3 is 9.54 Å². The molecule has 2 rings (SSSR count). The summed E-state index contributed by atoms with van der Waals surface area (Å²) in [5.74, 6) is 0.822. The number of aromatic amines is 1. The van der Waals surface area contributed by atoms with Crippen molar-refractivity contribution < 1.29 is 64.4 Å². The van der Waals surface area contributed by atoms with Gasteiger partial charge in [-0.3, -0.25) is 0 Å². The molecule has 0 bridgehead atoms. The Morgan fingerprint density at radius 3 is 2.72 bits per heavy atom. The van der Waals surface area contributed by atoms with E-state index in [1.807, 2.05) is 0 Å². The van der Waals surface area contributed by atoms with Crippen molar-refractivity contribution in [1.29, 1.82) is 0 Å². The van der Waals surface area contributed by atoms with E-state index in [-0.39, 0.29) is 56.3 Å². The van der Waals surface area contributed by atoms with Gasteiger partial charge in [0.15, 0.2) is 0 Å². The Morgan fingerprint density at radius 1 is 1.39 bits per heavy atom. The third-order valence-corrected chi connectivity index (χ3v) is 3.39. The number of fused-ring (bicyclic) bond motifs is 1. The van der Waals surface area contributed by atoms with Gasteiger partial charge in [-0.15, -0.1) is 0 Å². The summed E-state index contributed by atoms with van der Waals surface area (Å²) in [5.41, 5.74) is 1.27. The number of hydrogen-bond donors (Lipinski definition) is 1. The summed E-state index contributed by atoms with van der Waals surface area (Å²) in [5, 5.41) is 0. The summed E-state index contributed by atoms with van der Waals surface area (Å²) >= 11 is 0. The van der Waals surface area contributed by atoms with Gasteiger partial charge in [0.2, 0.25) is 0 Å². The summed E-state index contributed by atoms with van der Waals surface area (Å²) in [4.78, 5) is 7.12. The number of nitrogens with one attached hydrogen (secondary N) is 1. The minimum Gasteiger partial charge on any atom is -0.744 e. The number of nitrogens with zero attached hydrogens (tertiary/aromatic N) is 1. The van der Waals surface area contributed by atoms with Crippen LogP contribution in [0.25, 0.3) is 11.0 Å². The smallest absolute Gasteiger partial charge is 0.744 e. The first-order valence-corrected chi connectivity index (χ1v) is 6.86. The maximum Gasteiger partial charge on any atom is 1.00 e. The molecule has 92 valence electrons. The van der Waals surface area contributed by atoms with Crippen LogP contribution < -0.4 is 51.4 Å². The third-order valence-electron chi connectivity index (χ3n) is 2.56. The first kappa shape index (κ1) is 16.3. The summed E-state index contributed by atoms with van der Waals surface area (Å²) in [7, 11) is -4.40. The van der Waals surface area contributed by atoms with E-state index < -0.39 is 10.1 Å². The maximum absolute atomic E-state index is 10.9. The molecule has 0 saturated carbocycles. The molecule has 1 aromatic carbocycles. The van der Waals surface area contributed by atoms with Crippen LogP contribution in [0.1, 0.15) is 25.6 Å². The molecule has 1 N–H and O–H groups in total. The Hall–Kier alpha value is 0.236. The van der Waals surface area contributed by atoms with Crippen LogP contribution >= 0.6 is 0 Å². The average molecular weight is 292 g/mol. The van der Waals surface area contributed by atoms with Crippen LogP contribution in [0.3, 0.4) is 0 Å². The number of aromatic nitrogens is 2. The van der Waals surface area contributed by atoms with Crippen LogP contribution in [0, 0.1) is 0 Å². The van der Waals surface area contributed by atoms with Crippen molar-refractivity contribution in [2.45, 2.75) is 31.1 Å². The zero-order chi connectivity index (χ0) is 12.5. The van der Waals surface area contributed by atoms with Crippen molar-refractivity contribution in [3.63, 3.8) is 0 Å². The predicted octanol–water partition coefficient (Wildman–Crippen LogP) is -1.19. The first-order valence-electron chi connectivity index (χ1n) is 5.45. The summed E-state index contributed by atoms with van der Waals surface area (Å²) in [6.07, 6.45) is 2.91. The monoisotopic (exact) mass is 292 g/mol. The Morgan fingerprint density at radius 2 is 2.11 bits per heavy atom. The second kappa shape index (κ2) is 6.60. The van der Waals surface area contributed by atoms with Crippen LogP contribution in [0.5, 0.6) is 0 Å². The van der Waals surface area contributed by atoms with E-state index in [4.69, 9.17) is 0 Å². The molecule has 0 fully saturated rings. The van der Waals surface area contributed by atoms with Crippen LogP contribution in [0.2, 0.25) is 0 Å². The van der Waals surface area contributed by atoms with Crippen molar-refractivity contribution in [2.24, 2.45) is 0 Å². The maximum atomic E-state index is 10.9. The van der Waals surface area contributed by atoms with Crippen molar-refractivity contribution in [3.8, 4) is 0 Å². The Kier molecular flexibility index (Phi) is 5.97. The van der Waals surface area contributed by atoms with E-state index in [1.165, 1.54) is 12.1 Å². The molecule has 0 radical (unpaired) electrons. The van der Waals surface area contributed by atoms with Crippen LogP contribution in [-0.2, 0) is 16.5 Å². The number of benzene rings is 1. The number of H-pyrrole nitrogens is 1. The third kappa shape index (κ3) is 3.86. The van der Waals surface area contributed by atoms with Crippen molar-refractivity contribution in [1.82, 2.24) is 9.97 Å². The molecule has 0 aliphatic heterocycles. The first-order chi connectivity index (χ1) is 8.00. The standard InChI is InChI=1S/C11H14N2O3S.K/c1-2-3-4-11-12-9-6-5-8(17(14,15)16)7-10(9)13-11;/h5-7H,2-4H2,1H3,(H,12,13)(H,14,15,16);/q;+1/p-1. The summed E-state index contributed by atoms with van der Waals surface area (Å²) < 4.78 is 32.6. The van der Waals surface area contributed by atoms with Gasteiger partial charge in [0.1, 0.15) is 15.9 Å². The van der Waals surface area contributed by atoms with Crippen molar-refractivity contribution in [3.05, 3.63) is 24.0 Å². The average Bonchev–Trinajstić information content (AvgIpc) is 2.66. The summed E-state index contributed by atoms with van der Waals surface area (Å²) in [6.45, 7) is 2.09. The molecule has 0 aliphatic rings. The molecular formula is C11H13KN2O3S. The van der Waals surface area contributed by atoms with Crippen LogP contribution in [-0.4, -0.2) is 22.9 Å². The minimum absolute atomic E-state index is 0. The molecule has 2 aromatic rings. The van der Waals surface area contributed by atoms with E-state index in [1.54, 1.807) is 6.07 Å². The van der Waals surface area contributed by atoms with Gasteiger partial charge >= 0.3 is 51.4 Å². The van der Waals surface area contributed by atoms with Gasteiger partial charge in [-0.25, -0.2) is 13.4 Å². The van der Waals surface area contributed by atoms with Gasteiger partial charge in [0.25, 0.3) is 0 Å². The molecule has 0 amide bonds. The topological polar surface area (TPSA) is 85.9 Å². The van der Waals surface area contributed by atoms with Crippen molar-refractivity contribution in [2.75, 3.05) is 0 Å².